The van der Waals surface area contributed by atoms with Crippen molar-refractivity contribution in [3.05, 3.63) is 52.4 Å². The van der Waals surface area contributed by atoms with Crippen LogP contribution in [0.15, 0.2) is 46.1 Å². The summed E-state index contributed by atoms with van der Waals surface area (Å²) >= 11 is 0. The zero-order chi connectivity index (χ0) is 19.7. The van der Waals surface area contributed by atoms with Crippen LogP contribution in [0.4, 0.5) is 13.2 Å². The number of benzene rings is 1. The van der Waals surface area contributed by atoms with E-state index in [0.29, 0.717) is 5.92 Å². The molecule has 146 valence electrons. The summed E-state index contributed by atoms with van der Waals surface area (Å²) in [4.78, 5) is 11.2. The van der Waals surface area contributed by atoms with E-state index in [0.717, 1.165) is 35.4 Å². The van der Waals surface area contributed by atoms with E-state index in [4.69, 9.17) is 0 Å². The first-order chi connectivity index (χ1) is 12.7. The molecule has 3 rings (SSSR count). The Kier molecular flexibility index (Phi) is 5.24. The SMILES string of the molecule is O=c1ccc(C2CC2)nn1CCNS(=O)(=O)c1ccccc1OC(F)(F)F. The summed E-state index contributed by atoms with van der Waals surface area (Å²) in [5, 5.41) is 4.19. The lowest BCUT2D eigenvalue weighted by atomic mass is 10.3. The van der Waals surface area contributed by atoms with E-state index >= 15 is 0 Å². The summed E-state index contributed by atoms with van der Waals surface area (Å²) < 4.78 is 69.1. The molecule has 1 aromatic heterocycles. The lowest BCUT2D eigenvalue weighted by molar-refractivity contribution is -0.275. The smallest absolute Gasteiger partial charge is 0.404 e. The van der Waals surface area contributed by atoms with E-state index in [9.17, 15) is 26.4 Å². The van der Waals surface area contributed by atoms with Crippen LogP contribution in [0.1, 0.15) is 24.5 Å². The van der Waals surface area contributed by atoms with Crippen LogP contribution in [0.2, 0.25) is 0 Å². The van der Waals surface area contributed by atoms with Crippen LogP contribution in [-0.4, -0.2) is 31.1 Å². The molecule has 1 N–H and O–H groups in total. The van der Waals surface area contributed by atoms with Gasteiger partial charge in [-0.25, -0.2) is 17.8 Å². The predicted molar refractivity (Wildman–Crippen MR) is 88.8 cm³/mol. The molecule has 1 fully saturated rings. The maximum Gasteiger partial charge on any atom is 0.573 e. The van der Waals surface area contributed by atoms with Crippen molar-refractivity contribution in [1.29, 1.82) is 0 Å². The van der Waals surface area contributed by atoms with Gasteiger partial charge in [0.25, 0.3) is 5.56 Å². The lowest BCUT2D eigenvalue weighted by Crippen LogP contribution is -2.32. The number of nitrogens with one attached hydrogen (secondary N) is 1. The molecule has 27 heavy (non-hydrogen) atoms. The van der Waals surface area contributed by atoms with Gasteiger partial charge in [-0.3, -0.25) is 4.79 Å². The highest BCUT2D eigenvalue weighted by Gasteiger charge is 2.34. The second kappa shape index (κ2) is 7.31. The van der Waals surface area contributed by atoms with Gasteiger partial charge < -0.3 is 4.74 Å². The largest absolute Gasteiger partial charge is 0.573 e. The number of aromatic nitrogens is 2. The Morgan fingerprint density at radius 1 is 1.19 bits per heavy atom. The normalized spacial score (nSPS) is 14.9. The third kappa shape index (κ3) is 5.07. The van der Waals surface area contributed by atoms with Crippen LogP contribution < -0.4 is 15.0 Å². The van der Waals surface area contributed by atoms with Gasteiger partial charge in [-0.2, -0.15) is 5.10 Å². The molecule has 7 nitrogen and oxygen atoms in total. The zero-order valence-electron chi connectivity index (χ0n) is 13.9. The molecule has 0 saturated heterocycles. The molecule has 1 aliphatic rings. The zero-order valence-corrected chi connectivity index (χ0v) is 14.8. The summed E-state index contributed by atoms with van der Waals surface area (Å²) in [5.74, 6) is -0.511. The van der Waals surface area contributed by atoms with Crippen molar-refractivity contribution < 1.29 is 26.3 Å². The van der Waals surface area contributed by atoms with Crippen LogP contribution in [0, 0.1) is 0 Å². The third-order valence-corrected chi connectivity index (χ3v) is 5.36. The minimum atomic E-state index is -5.02. The van der Waals surface area contributed by atoms with Crippen LogP contribution in [0.25, 0.3) is 0 Å². The molecule has 11 heteroatoms. The van der Waals surface area contributed by atoms with Gasteiger partial charge in [0.05, 0.1) is 12.2 Å². The van der Waals surface area contributed by atoms with E-state index in [1.807, 2.05) is 0 Å². The van der Waals surface area contributed by atoms with Crippen molar-refractivity contribution in [2.75, 3.05) is 6.54 Å². The summed E-state index contributed by atoms with van der Waals surface area (Å²) in [6.07, 6.45) is -3.03. The van der Waals surface area contributed by atoms with E-state index in [1.54, 1.807) is 6.07 Å². The maximum absolute atomic E-state index is 12.5. The number of hydrogen-bond donors (Lipinski definition) is 1. The molecule has 0 spiro atoms. The number of hydrogen-bond acceptors (Lipinski definition) is 5. The van der Waals surface area contributed by atoms with Gasteiger partial charge in [-0.1, -0.05) is 12.1 Å². The minimum absolute atomic E-state index is 0.0546. The van der Waals surface area contributed by atoms with Crippen molar-refractivity contribution in [2.45, 2.75) is 36.6 Å². The van der Waals surface area contributed by atoms with E-state index < -0.39 is 27.0 Å². The van der Waals surface area contributed by atoms with Crippen LogP contribution in [-0.2, 0) is 16.6 Å². The molecular weight excluding hydrogens is 387 g/mol. The Morgan fingerprint density at radius 3 is 2.56 bits per heavy atom. The summed E-state index contributed by atoms with van der Waals surface area (Å²) in [7, 11) is -4.28. The van der Waals surface area contributed by atoms with Crippen LogP contribution in [0.5, 0.6) is 5.75 Å². The standard InChI is InChI=1S/C16H16F3N3O4S/c17-16(18,19)26-13-3-1-2-4-14(13)27(24,25)20-9-10-22-15(23)8-7-12(21-22)11-5-6-11/h1-4,7-8,11,20H,5-6,9-10H2. The van der Waals surface area contributed by atoms with E-state index in [1.165, 1.54) is 18.2 Å². The van der Waals surface area contributed by atoms with Crippen molar-refractivity contribution in [2.24, 2.45) is 0 Å². The molecule has 0 unspecified atom stereocenters. The Labute approximate surface area is 152 Å². The van der Waals surface area contributed by atoms with Gasteiger partial charge in [0.15, 0.2) is 0 Å². The highest BCUT2D eigenvalue weighted by Crippen LogP contribution is 2.38. The lowest BCUT2D eigenvalue weighted by Gasteiger charge is -2.14. The monoisotopic (exact) mass is 403 g/mol. The van der Waals surface area contributed by atoms with Gasteiger partial charge in [0.1, 0.15) is 10.6 Å². The number of halogens is 3. The molecule has 0 bridgehead atoms. The molecule has 0 amide bonds. The van der Waals surface area contributed by atoms with Crippen LogP contribution in [0.3, 0.4) is 0 Å². The molecule has 0 aliphatic heterocycles. The molecular formula is C16H16F3N3O4S. The first-order valence-corrected chi connectivity index (χ1v) is 9.56. The Morgan fingerprint density at radius 2 is 1.89 bits per heavy atom. The molecule has 0 atom stereocenters. The Bertz CT molecular complexity index is 985. The summed E-state index contributed by atoms with van der Waals surface area (Å²) in [5.41, 5.74) is 0.376. The number of alkyl halides is 3. The fourth-order valence-corrected chi connectivity index (χ4v) is 3.61. The predicted octanol–water partition coefficient (Wildman–Crippen LogP) is 2.00. The highest BCUT2D eigenvalue weighted by molar-refractivity contribution is 7.89. The van der Waals surface area contributed by atoms with Crippen molar-refractivity contribution in [3.63, 3.8) is 0 Å². The van der Waals surface area contributed by atoms with Gasteiger partial charge >= 0.3 is 6.36 Å². The number of para-hydroxylation sites is 1. The molecule has 1 aliphatic carbocycles. The number of sulfonamides is 1. The average Bonchev–Trinajstić information content (AvgIpc) is 3.40. The van der Waals surface area contributed by atoms with E-state index in [-0.39, 0.29) is 18.6 Å². The van der Waals surface area contributed by atoms with Gasteiger partial charge in [-0.15, -0.1) is 13.2 Å². The Hall–Kier alpha value is -2.40. The summed E-state index contributed by atoms with van der Waals surface area (Å²) in [6, 6.07) is 7.43. The topological polar surface area (TPSA) is 90.3 Å². The van der Waals surface area contributed by atoms with Gasteiger partial charge in [0.2, 0.25) is 10.0 Å². The number of ether oxygens (including phenoxy) is 1. The maximum atomic E-state index is 12.5. The first-order valence-electron chi connectivity index (χ1n) is 8.08. The number of nitrogens with zero attached hydrogens (tertiary/aromatic N) is 2. The third-order valence-electron chi connectivity index (χ3n) is 3.86. The first kappa shape index (κ1) is 19.4. The fourth-order valence-electron chi connectivity index (χ4n) is 2.47. The highest BCUT2D eigenvalue weighted by atomic mass is 32.2. The fraction of sp³-hybridized carbons (Fsp3) is 0.375. The van der Waals surface area contributed by atoms with Crippen molar-refractivity contribution in [3.8, 4) is 5.75 Å². The molecule has 0 radical (unpaired) electrons. The van der Waals surface area contributed by atoms with Crippen LogP contribution >= 0.6 is 0 Å². The number of rotatable bonds is 7. The Balaban J connectivity index is 1.71. The quantitative estimate of drug-likeness (QED) is 0.764. The second-order valence-electron chi connectivity index (χ2n) is 5.99. The molecule has 1 aromatic carbocycles. The molecule has 1 heterocycles. The molecule has 2 aromatic rings. The van der Waals surface area contributed by atoms with E-state index in [2.05, 4.69) is 14.6 Å². The van der Waals surface area contributed by atoms with Gasteiger partial charge in [-0.05, 0) is 31.0 Å². The summed E-state index contributed by atoms with van der Waals surface area (Å²) in [6.45, 7) is -0.273. The second-order valence-corrected chi connectivity index (χ2v) is 7.72. The average molecular weight is 403 g/mol. The van der Waals surface area contributed by atoms with Gasteiger partial charge in [0, 0.05) is 18.5 Å². The van der Waals surface area contributed by atoms with Crippen molar-refractivity contribution in [1.82, 2.24) is 14.5 Å². The van der Waals surface area contributed by atoms with Crippen molar-refractivity contribution >= 4 is 10.0 Å². The molecule has 1 saturated carbocycles. The minimum Gasteiger partial charge on any atom is -0.404 e.